The maximum Gasteiger partial charge on any atom is 4.00 e. The first-order valence-corrected chi connectivity index (χ1v) is 18.0. The Labute approximate surface area is 277 Å². The molecule has 0 radical (unpaired) electrons. The molecule has 44 heavy (non-hydrogen) atoms. The molecule has 6 aromatic rings. The molecule has 0 atom stereocenters. The van der Waals surface area contributed by atoms with Crippen molar-refractivity contribution < 1.29 is 21.1 Å². The van der Waals surface area contributed by atoms with Gasteiger partial charge in [-0.2, -0.15) is 83.3 Å². The Hall–Kier alpha value is -3.59. The van der Waals surface area contributed by atoms with Crippen LogP contribution in [0.5, 0.6) is 0 Å². The van der Waals surface area contributed by atoms with Crippen molar-refractivity contribution in [1.29, 1.82) is 0 Å². The van der Waals surface area contributed by atoms with E-state index in [1.54, 1.807) is 0 Å². The van der Waals surface area contributed by atoms with Gasteiger partial charge in [0.2, 0.25) is 0 Å². The summed E-state index contributed by atoms with van der Waals surface area (Å²) >= 11 is 0. The van der Waals surface area contributed by atoms with Crippen LogP contribution in [0.15, 0.2) is 97.1 Å². The Morgan fingerprint density at radius 1 is 0.773 bits per heavy atom. The SMILES string of the molecule is CN1[CH-]N(c2[c-]c([Si](C)(C)c3[c-]cc4c(c3)c3ccccc3n4Cc3[c-]cccc3)cc(C(C)(C)C)c2)c2ccccc21.[Pt+4]. The van der Waals surface area contributed by atoms with Crippen molar-refractivity contribution in [2.75, 3.05) is 16.8 Å². The normalized spacial score (nSPS) is 13.4. The van der Waals surface area contributed by atoms with Gasteiger partial charge in [0.05, 0.1) is 8.07 Å². The quantitative estimate of drug-likeness (QED) is 0.130. The van der Waals surface area contributed by atoms with Gasteiger partial charge in [-0.25, -0.2) is 0 Å². The molecule has 0 N–H and O–H groups in total. The third kappa shape index (κ3) is 5.23. The van der Waals surface area contributed by atoms with E-state index in [2.05, 4.69) is 165 Å². The van der Waals surface area contributed by atoms with E-state index < -0.39 is 8.07 Å². The molecular formula is C39H37N3PtSi. The topological polar surface area (TPSA) is 11.4 Å². The molecule has 0 spiro atoms. The molecule has 7 rings (SSSR count). The summed E-state index contributed by atoms with van der Waals surface area (Å²) < 4.78 is 2.41. The summed E-state index contributed by atoms with van der Waals surface area (Å²) in [7, 11) is -0.0932. The fraction of sp³-hybridized carbons (Fsp3) is 0.205. The number of aromatic nitrogens is 1. The third-order valence-electron chi connectivity index (χ3n) is 8.94. The zero-order chi connectivity index (χ0) is 29.9. The summed E-state index contributed by atoms with van der Waals surface area (Å²) in [5, 5.41) is 5.17. The molecule has 2 heterocycles. The molecule has 1 aliphatic rings. The third-order valence-corrected chi connectivity index (χ3v) is 12.2. The van der Waals surface area contributed by atoms with Gasteiger partial charge >= 0.3 is 21.1 Å². The first-order valence-electron chi connectivity index (χ1n) is 15.0. The fourth-order valence-corrected chi connectivity index (χ4v) is 8.46. The predicted molar refractivity (Wildman–Crippen MR) is 185 cm³/mol. The number of para-hydroxylation sites is 3. The number of rotatable bonds is 5. The van der Waals surface area contributed by atoms with Gasteiger partial charge in [-0.3, -0.25) is 0 Å². The van der Waals surface area contributed by atoms with Gasteiger partial charge in [0.25, 0.3) is 0 Å². The second kappa shape index (κ2) is 11.4. The van der Waals surface area contributed by atoms with Crippen molar-refractivity contribution in [3.05, 3.63) is 133 Å². The van der Waals surface area contributed by atoms with Crippen molar-refractivity contribution in [3.8, 4) is 0 Å². The summed E-state index contributed by atoms with van der Waals surface area (Å²) in [6.45, 7) is 14.8. The van der Waals surface area contributed by atoms with Crippen LogP contribution < -0.4 is 20.2 Å². The Morgan fingerprint density at radius 2 is 1.50 bits per heavy atom. The van der Waals surface area contributed by atoms with E-state index in [0.717, 1.165) is 12.2 Å². The smallest absolute Gasteiger partial charge is 0.504 e. The van der Waals surface area contributed by atoms with E-state index in [1.807, 2.05) is 12.1 Å². The molecule has 0 fully saturated rings. The number of fused-ring (bicyclic) bond motifs is 4. The fourth-order valence-electron chi connectivity index (χ4n) is 6.27. The molecule has 0 saturated carbocycles. The van der Waals surface area contributed by atoms with Crippen molar-refractivity contribution >= 4 is 57.3 Å². The number of hydrogen-bond donors (Lipinski definition) is 0. The van der Waals surface area contributed by atoms with Gasteiger partial charge in [-0.05, 0) is 36.0 Å². The number of hydrogen-bond acceptors (Lipinski definition) is 2. The first-order chi connectivity index (χ1) is 20.6. The van der Waals surface area contributed by atoms with Crippen LogP contribution in [0.3, 0.4) is 0 Å². The van der Waals surface area contributed by atoms with E-state index in [4.69, 9.17) is 0 Å². The van der Waals surface area contributed by atoms with Crippen molar-refractivity contribution in [1.82, 2.24) is 4.57 Å². The van der Waals surface area contributed by atoms with Gasteiger partial charge in [-0.15, -0.1) is 22.7 Å². The molecule has 0 unspecified atom stereocenters. The molecule has 222 valence electrons. The van der Waals surface area contributed by atoms with Gasteiger partial charge < -0.3 is 14.4 Å². The van der Waals surface area contributed by atoms with E-state index >= 15 is 0 Å². The Morgan fingerprint density at radius 3 is 2.25 bits per heavy atom. The Balaban J connectivity index is 0.00000343. The predicted octanol–water partition coefficient (Wildman–Crippen LogP) is 8.07. The minimum absolute atomic E-state index is 0. The second-order valence-corrected chi connectivity index (χ2v) is 17.6. The maximum atomic E-state index is 3.92. The molecule has 3 nitrogen and oxygen atoms in total. The summed E-state index contributed by atoms with van der Waals surface area (Å²) in [6, 6.07) is 46.1. The van der Waals surface area contributed by atoms with Crippen LogP contribution in [-0.4, -0.2) is 19.7 Å². The van der Waals surface area contributed by atoms with Crippen LogP contribution in [0.1, 0.15) is 31.9 Å². The molecule has 0 aliphatic carbocycles. The zero-order valence-corrected chi connectivity index (χ0v) is 29.5. The van der Waals surface area contributed by atoms with Gasteiger partial charge in [0.15, 0.2) is 0 Å². The number of benzene rings is 5. The largest absolute Gasteiger partial charge is 4.00 e. The van der Waals surface area contributed by atoms with Crippen LogP contribution in [0.4, 0.5) is 17.1 Å². The van der Waals surface area contributed by atoms with Crippen LogP contribution in [-0.2, 0) is 33.0 Å². The van der Waals surface area contributed by atoms with E-state index in [9.17, 15) is 0 Å². The minimum atomic E-state index is -2.21. The Kier molecular flexibility index (Phi) is 7.88. The summed E-state index contributed by atoms with van der Waals surface area (Å²) in [5.74, 6) is 0. The van der Waals surface area contributed by atoms with E-state index in [0.29, 0.717) is 0 Å². The van der Waals surface area contributed by atoms with Gasteiger partial charge in [-0.1, -0.05) is 69.7 Å². The van der Waals surface area contributed by atoms with Crippen molar-refractivity contribution in [2.24, 2.45) is 0 Å². The average Bonchev–Trinajstić information content (AvgIpc) is 3.51. The number of nitrogens with zero attached hydrogens (tertiary/aromatic N) is 3. The van der Waals surface area contributed by atoms with Crippen molar-refractivity contribution in [3.63, 3.8) is 0 Å². The molecular weight excluding hydrogens is 734 g/mol. The monoisotopic (exact) mass is 770 g/mol. The first kappa shape index (κ1) is 30.4. The molecule has 0 saturated heterocycles. The van der Waals surface area contributed by atoms with E-state index in [1.165, 1.54) is 54.7 Å². The van der Waals surface area contributed by atoms with Crippen LogP contribution in [0.25, 0.3) is 21.8 Å². The second-order valence-electron chi connectivity index (χ2n) is 13.3. The molecule has 1 aromatic heterocycles. The molecule has 0 bridgehead atoms. The standard InChI is InChI=1S/C39H37N3Si.Pt/c1-39(2,3)29-22-30(42-27-40(4)37-18-12-13-19-38(37)42)24-32(23-29)43(5,6)31-20-21-36-34(25-31)33-16-10-11-17-35(33)41(36)26-28-14-8-7-9-15-28;/h7-14,16-19,21-23,25,27H,26H2,1-6H3;/q-4;+4. The summed E-state index contributed by atoms with van der Waals surface area (Å²) in [5.41, 5.74) is 8.46. The van der Waals surface area contributed by atoms with Crippen LogP contribution in [0, 0.1) is 24.9 Å². The molecule has 1 aliphatic heterocycles. The van der Waals surface area contributed by atoms with Crippen LogP contribution >= 0.6 is 0 Å². The summed E-state index contributed by atoms with van der Waals surface area (Å²) in [6.07, 6.45) is 0. The van der Waals surface area contributed by atoms with Crippen molar-refractivity contribution in [2.45, 2.75) is 45.8 Å². The Bertz CT molecular complexity index is 1970. The summed E-state index contributed by atoms with van der Waals surface area (Å²) in [4.78, 5) is 4.49. The van der Waals surface area contributed by atoms with E-state index in [-0.39, 0.29) is 26.5 Å². The van der Waals surface area contributed by atoms with Gasteiger partial charge in [0.1, 0.15) is 0 Å². The minimum Gasteiger partial charge on any atom is -0.504 e. The van der Waals surface area contributed by atoms with Crippen LogP contribution in [0.2, 0.25) is 13.1 Å². The maximum absolute atomic E-state index is 3.92. The average molecular weight is 771 g/mol. The molecule has 5 heteroatoms. The van der Waals surface area contributed by atoms with Gasteiger partial charge in [0, 0.05) is 23.4 Å². The zero-order valence-electron chi connectivity index (χ0n) is 26.2. The molecule has 0 amide bonds. The molecule has 5 aromatic carbocycles. The number of anilines is 3.